The summed E-state index contributed by atoms with van der Waals surface area (Å²) in [5, 5.41) is 8.49. The Labute approximate surface area is 116 Å². The third-order valence-corrected chi connectivity index (χ3v) is 4.20. The summed E-state index contributed by atoms with van der Waals surface area (Å²) in [6, 6.07) is 5.78. The molecule has 0 fully saturated rings. The van der Waals surface area contributed by atoms with Crippen LogP contribution in [0.1, 0.15) is 6.42 Å². The molecule has 1 rings (SSSR count). The molecule has 0 aliphatic heterocycles. The van der Waals surface area contributed by atoms with Crippen molar-refractivity contribution in [1.82, 2.24) is 0 Å². The minimum atomic E-state index is 0.475. The zero-order valence-corrected chi connectivity index (χ0v) is 11.5. The average molecular weight is 278 g/mol. The van der Waals surface area contributed by atoms with Crippen LogP contribution in [-0.2, 0) is 0 Å². The Hall–Kier alpha value is -1.50. The van der Waals surface area contributed by atoms with Gasteiger partial charge in [0, 0.05) is 33.3 Å². The third kappa shape index (κ3) is 4.40. The second kappa shape index (κ2) is 7.75. The molecule has 0 bridgehead atoms. The summed E-state index contributed by atoms with van der Waals surface area (Å²) in [6.45, 7) is 7.19. The summed E-state index contributed by atoms with van der Waals surface area (Å²) in [5.74, 6) is 1.43. The quantitative estimate of drug-likeness (QED) is 0.362. The van der Waals surface area contributed by atoms with Gasteiger partial charge >= 0.3 is 0 Å². The van der Waals surface area contributed by atoms with Gasteiger partial charge in [-0.05, 0) is 12.1 Å². The normalized spacial score (nSPS) is 9.67. The molecular weight excluding hydrogens is 264 g/mol. The van der Waals surface area contributed by atoms with Gasteiger partial charge in [-0.25, -0.2) is 6.57 Å². The first-order valence-corrected chi connectivity index (χ1v) is 7.31. The molecule has 0 unspecified atom stereocenters. The lowest BCUT2D eigenvalue weighted by molar-refractivity contribution is 1.23. The van der Waals surface area contributed by atoms with Crippen molar-refractivity contribution in [1.29, 1.82) is 5.26 Å². The van der Waals surface area contributed by atoms with Gasteiger partial charge in [-0.15, -0.1) is 23.5 Å². The summed E-state index contributed by atoms with van der Waals surface area (Å²) >= 11 is 3.08. The molecule has 1 aromatic rings. The van der Waals surface area contributed by atoms with Gasteiger partial charge in [0.1, 0.15) is 0 Å². The molecule has 0 saturated carbocycles. The number of anilines is 2. The molecule has 4 N–H and O–H groups in total. The Kier molecular flexibility index (Phi) is 6.27. The molecule has 0 spiro atoms. The zero-order chi connectivity index (χ0) is 13.4. The van der Waals surface area contributed by atoms with Crippen LogP contribution in [0.2, 0.25) is 0 Å². The number of rotatable bonds is 6. The highest BCUT2D eigenvalue weighted by Gasteiger charge is 2.07. The topological polar surface area (TPSA) is 80.2 Å². The first-order chi connectivity index (χ1) is 8.69. The van der Waals surface area contributed by atoms with E-state index in [-0.39, 0.29) is 0 Å². The standard InChI is InChI=1S/C12H14N4S2/c1-16-4-6-18-12-8-9(14)11(7-10(12)15)17-5-2-3-13/h7-8H,2,4-6,14-15H2. The van der Waals surface area contributed by atoms with Crippen molar-refractivity contribution in [2.75, 3.05) is 29.5 Å². The lowest BCUT2D eigenvalue weighted by Gasteiger charge is -2.09. The van der Waals surface area contributed by atoms with Gasteiger partial charge in [0.05, 0.1) is 11.8 Å². The highest BCUT2D eigenvalue weighted by atomic mass is 32.2. The minimum Gasteiger partial charge on any atom is -0.398 e. The van der Waals surface area contributed by atoms with Crippen molar-refractivity contribution in [2.24, 2.45) is 0 Å². The molecule has 0 aromatic heterocycles. The lowest BCUT2D eigenvalue weighted by atomic mass is 10.3. The van der Waals surface area contributed by atoms with E-state index in [2.05, 4.69) is 10.9 Å². The fraction of sp³-hybridized carbons (Fsp3) is 0.333. The summed E-state index contributed by atoms with van der Waals surface area (Å²) in [6.07, 6.45) is 0.492. The van der Waals surface area contributed by atoms with E-state index in [0.29, 0.717) is 35.8 Å². The van der Waals surface area contributed by atoms with Gasteiger partial charge in [-0.1, -0.05) is 0 Å². The van der Waals surface area contributed by atoms with E-state index < -0.39 is 0 Å². The molecule has 0 radical (unpaired) electrons. The number of thioether (sulfide) groups is 2. The number of nitrogen functional groups attached to an aromatic ring is 2. The molecule has 18 heavy (non-hydrogen) atoms. The fourth-order valence-electron chi connectivity index (χ4n) is 1.25. The Morgan fingerprint density at radius 3 is 2.22 bits per heavy atom. The Morgan fingerprint density at radius 1 is 1.17 bits per heavy atom. The second-order valence-corrected chi connectivity index (χ2v) is 5.69. The highest BCUT2D eigenvalue weighted by molar-refractivity contribution is 8.00. The Bertz CT molecular complexity index is 442. The van der Waals surface area contributed by atoms with Crippen molar-refractivity contribution in [2.45, 2.75) is 16.2 Å². The third-order valence-electron chi connectivity index (χ3n) is 2.07. The van der Waals surface area contributed by atoms with Gasteiger partial charge in [-0.3, -0.25) is 0 Å². The summed E-state index contributed by atoms with van der Waals surface area (Å²) < 4.78 is 0. The van der Waals surface area contributed by atoms with Crippen LogP contribution < -0.4 is 11.5 Å². The molecule has 0 saturated heterocycles. The number of nitriles is 1. The Morgan fingerprint density at radius 2 is 1.72 bits per heavy atom. The van der Waals surface area contributed by atoms with Crippen molar-refractivity contribution in [3.63, 3.8) is 0 Å². The predicted octanol–water partition coefficient (Wildman–Crippen LogP) is 2.87. The van der Waals surface area contributed by atoms with Crippen LogP contribution >= 0.6 is 23.5 Å². The van der Waals surface area contributed by atoms with Crippen molar-refractivity contribution < 1.29 is 0 Å². The smallest absolute Gasteiger partial charge is 0.223 e. The van der Waals surface area contributed by atoms with Crippen molar-refractivity contribution in [3.8, 4) is 6.07 Å². The van der Waals surface area contributed by atoms with E-state index in [4.69, 9.17) is 23.3 Å². The van der Waals surface area contributed by atoms with Crippen LogP contribution in [0.25, 0.3) is 4.85 Å². The first kappa shape index (κ1) is 14.6. The van der Waals surface area contributed by atoms with Crippen LogP contribution in [0.4, 0.5) is 11.4 Å². The molecule has 0 atom stereocenters. The van der Waals surface area contributed by atoms with E-state index in [1.54, 1.807) is 11.8 Å². The lowest BCUT2D eigenvalue weighted by Crippen LogP contribution is -1.96. The van der Waals surface area contributed by atoms with E-state index in [0.717, 1.165) is 9.79 Å². The maximum absolute atomic E-state index is 8.49. The first-order valence-electron chi connectivity index (χ1n) is 5.33. The van der Waals surface area contributed by atoms with Crippen LogP contribution in [0, 0.1) is 17.9 Å². The van der Waals surface area contributed by atoms with Crippen LogP contribution in [0.5, 0.6) is 0 Å². The molecule has 1 aromatic carbocycles. The van der Waals surface area contributed by atoms with Crippen LogP contribution in [-0.4, -0.2) is 18.1 Å². The second-order valence-electron chi connectivity index (χ2n) is 3.41. The predicted molar refractivity (Wildman–Crippen MR) is 78.4 cm³/mol. The monoisotopic (exact) mass is 278 g/mol. The number of benzene rings is 1. The van der Waals surface area contributed by atoms with Gasteiger partial charge in [0.2, 0.25) is 6.54 Å². The van der Waals surface area contributed by atoms with Gasteiger partial charge in [0.25, 0.3) is 0 Å². The molecule has 6 heteroatoms. The van der Waals surface area contributed by atoms with E-state index in [1.807, 2.05) is 12.1 Å². The summed E-state index contributed by atoms with van der Waals surface area (Å²) in [5.41, 5.74) is 13.2. The zero-order valence-electron chi connectivity index (χ0n) is 9.85. The number of hydrogen-bond donors (Lipinski definition) is 2. The molecule has 94 valence electrons. The largest absolute Gasteiger partial charge is 0.398 e. The average Bonchev–Trinajstić information content (AvgIpc) is 2.35. The minimum absolute atomic E-state index is 0.475. The van der Waals surface area contributed by atoms with Crippen molar-refractivity contribution >= 4 is 34.9 Å². The molecule has 0 amide bonds. The fourth-order valence-corrected chi connectivity index (χ4v) is 2.94. The molecular formula is C12H14N4S2. The maximum Gasteiger partial charge on any atom is 0.223 e. The highest BCUT2D eigenvalue weighted by Crippen LogP contribution is 2.34. The van der Waals surface area contributed by atoms with E-state index in [9.17, 15) is 0 Å². The number of hydrogen-bond acceptors (Lipinski definition) is 5. The van der Waals surface area contributed by atoms with Crippen molar-refractivity contribution in [3.05, 3.63) is 23.5 Å². The van der Waals surface area contributed by atoms with Gasteiger partial charge in [0.15, 0.2) is 0 Å². The summed E-state index contributed by atoms with van der Waals surface area (Å²) in [4.78, 5) is 5.12. The molecule has 4 nitrogen and oxygen atoms in total. The van der Waals surface area contributed by atoms with Crippen LogP contribution in [0.3, 0.4) is 0 Å². The number of nitrogens with zero attached hydrogens (tertiary/aromatic N) is 2. The Balaban J connectivity index is 2.71. The van der Waals surface area contributed by atoms with Gasteiger partial charge in [-0.2, -0.15) is 5.26 Å². The van der Waals surface area contributed by atoms with E-state index >= 15 is 0 Å². The summed E-state index contributed by atoms with van der Waals surface area (Å²) in [7, 11) is 0. The maximum atomic E-state index is 8.49. The number of nitrogens with two attached hydrogens (primary N) is 2. The van der Waals surface area contributed by atoms with Crippen LogP contribution in [0.15, 0.2) is 21.9 Å². The molecule has 0 heterocycles. The SMILES string of the molecule is [C-]#[N+]CCSc1cc(N)c(SCCC#N)cc1N. The van der Waals surface area contributed by atoms with E-state index in [1.165, 1.54) is 11.8 Å². The van der Waals surface area contributed by atoms with Gasteiger partial charge < -0.3 is 16.3 Å². The molecule has 0 aliphatic rings. The molecule has 0 aliphatic carbocycles.